The van der Waals surface area contributed by atoms with Crippen LogP contribution in [0.1, 0.15) is 58.8 Å². The van der Waals surface area contributed by atoms with E-state index in [1.54, 1.807) is 36.5 Å². The average molecular weight is 633 g/mol. The number of nitrogens with zero attached hydrogens (tertiary/aromatic N) is 2. The fourth-order valence-electron chi connectivity index (χ4n) is 6.63. The van der Waals surface area contributed by atoms with Crippen molar-refractivity contribution in [2.75, 3.05) is 26.2 Å². The number of H-pyrrole nitrogens is 1. The van der Waals surface area contributed by atoms with E-state index in [-0.39, 0.29) is 18.2 Å². The van der Waals surface area contributed by atoms with Gasteiger partial charge in [0.25, 0.3) is 11.8 Å². The van der Waals surface area contributed by atoms with Gasteiger partial charge in [-0.1, -0.05) is 72.8 Å². The number of carbonyl (C=O) groups is 2. The summed E-state index contributed by atoms with van der Waals surface area (Å²) in [4.78, 5) is 35.7. The highest BCUT2D eigenvalue weighted by molar-refractivity contribution is 6.00. The lowest BCUT2D eigenvalue weighted by molar-refractivity contribution is -0.116. The van der Waals surface area contributed by atoms with Crippen molar-refractivity contribution < 1.29 is 18.4 Å². The van der Waals surface area contributed by atoms with Crippen molar-refractivity contribution in [2.45, 2.75) is 37.0 Å². The SMILES string of the molecule is O=C(CNC(=O)c1cc2ccccc2[nH]1)N=CC(CCCN1CCC(c2ccccc2)CC1)(c1ccc(F)cc1)c1ccc(F)cc1. The molecule has 0 unspecified atom stereocenters. The molecule has 2 N–H and O–H groups in total. The zero-order valence-electron chi connectivity index (χ0n) is 26.2. The number of halogens is 2. The number of fused-ring (bicyclic) bond motifs is 1. The molecule has 4 aromatic carbocycles. The number of carbonyl (C=O) groups excluding carboxylic acids is 2. The summed E-state index contributed by atoms with van der Waals surface area (Å²) >= 11 is 0. The molecule has 0 spiro atoms. The number of hydrogen-bond acceptors (Lipinski definition) is 3. The maximum atomic E-state index is 14.1. The highest BCUT2D eigenvalue weighted by Gasteiger charge is 2.33. The molecule has 1 fully saturated rings. The molecule has 0 atom stereocenters. The Balaban J connectivity index is 1.18. The van der Waals surface area contributed by atoms with E-state index in [0.29, 0.717) is 18.0 Å². The predicted octanol–water partition coefficient (Wildman–Crippen LogP) is 7.42. The van der Waals surface area contributed by atoms with Crippen molar-refractivity contribution in [3.8, 4) is 0 Å². The smallest absolute Gasteiger partial charge is 0.268 e. The summed E-state index contributed by atoms with van der Waals surface area (Å²) in [6.07, 6.45) is 5.09. The molecule has 240 valence electrons. The molecule has 6 rings (SSSR count). The number of aromatic nitrogens is 1. The van der Waals surface area contributed by atoms with Crippen LogP contribution in [0.15, 0.2) is 114 Å². The Morgan fingerprint density at radius 2 is 1.47 bits per heavy atom. The number of hydrogen-bond donors (Lipinski definition) is 2. The lowest BCUT2D eigenvalue weighted by Gasteiger charge is -2.35. The lowest BCUT2D eigenvalue weighted by atomic mass is 9.72. The maximum Gasteiger partial charge on any atom is 0.268 e. The van der Waals surface area contributed by atoms with Gasteiger partial charge in [0.05, 0.1) is 12.0 Å². The molecule has 0 saturated carbocycles. The van der Waals surface area contributed by atoms with Gasteiger partial charge in [-0.2, -0.15) is 0 Å². The summed E-state index contributed by atoms with van der Waals surface area (Å²) < 4.78 is 28.2. The number of para-hydroxylation sites is 1. The Morgan fingerprint density at radius 1 is 0.851 bits per heavy atom. The first-order valence-electron chi connectivity index (χ1n) is 16.1. The molecule has 0 radical (unpaired) electrons. The van der Waals surface area contributed by atoms with Crippen LogP contribution in [0.3, 0.4) is 0 Å². The predicted molar refractivity (Wildman–Crippen MR) is 182 cm³/mol. The summed E-state index contributed by atoms with van der Waals surface area (Å²) in [6.45, 7) is 2.52. The molecule has 0 aliphatic carbocycles. The van der Waals surface area contributed by atoms with Crippen molar-refractivity contribution in [3.05, 3.63) is 143 Å². The number of nitrogens with one attached hydrogen (secondary N) is 2. The number of likely N-dealkylation sites (tertiary alicyclic amines) is 1. The topological polar surface area (TPSA) is 77.6 Å². The maximum absolute atomic E-state index is 14.1. The number of amides is 2. The standard InChI is InChI=1S/C39H38F2N4O2/c40-33-15-11-31(12-16-33)39(32-13-17-34(41)18-14-32,21-6-22-45-23-19-29(20-24-45)28-7-2-1-3-8-28)27-43-37(46)26-42-38(47)36-25-30-9-4-5-10-35(30)44-36/h1-5,7-18,25,27,29,44H,6,19-24,26H2,(H,42,47). The second-order valence-electron chi connectivity index (χ2n) is 12.2. The van der Waals surface area contributed by atoms with Crippen LogP contribution in [0.25, 0.3) is 10.9 Å². The number of rotatable bonds is 11. The summed E-state index contributed by atoms with van der Waals surface area (Å²) in [5, 5.41) is 3.55. The minimum atomic E-state index is -0.930. The van der Waals surface area contributed by atoms with E-state index >= 15 is 0 Å². The van der Waals surface area contributed by atoms with E-state index in [4.69, 9.17) is 0 Å². The van der Waals surface area contributed by atoms with Crippen LogP contribution in [0.4, 0.5) is 8.78 Å². The van der Waals surface area contributed by atoms with Crippen molar-refractivity contribution in [2.24, 2.45) is 4.99 Å². The first-order valence-corrected chi connectivity index (χ1v) is 16.1. The van der Waals surface area contributed by atoms with Crippen molar-refractivity contribution >= 4 is 28.9 Å². The Labute approximate surface area is 273 Å². The first-order chi connectivity index (χ1) is 22.9. The molecule has 1 aromatic heterocycles. The van der Waals surface area contributed by atoms with Gasteiger partial charge in [-0.05, 0) is 104 Å². The summed E-state index contributed by atoms with van der Waals surface area (Å²) in [5.41, 5.74) is 3.12. The van der Waals surface area contributed by atoms with Gasteiger partial charge in [0.2, 0.25) is 0 Å². The van der Waals surface area contributed by atoms with Gasteiger partial charge < -0.3 is 15.2 Å². The monoisotopic (exact) mass is 632 g/mol. The largest absolute Gasteiger partial charge is 0.351 e. The number of aliphatic imine (C=N–C) groups is 1. The van der Waals surface area contributed by atoms with Gasteiger partial charge in [-0.3, -0.25) is 9.59 Å². The molecule has 1 aliphatic rings. The normalized spacial score (nSPS) is 14.5. The molecule has 2 heterocycles. The van der Waals surface area contributed by atoms with Crippen LogP contribution in [0, 0.1) is 11.6 Å². The highest BCUT2D eigenvalue weighted by atomic mass is 19.1. The number of aromatic amines is 1. The second kappa shape index (κ2) is 14.6. The van der Waals surface area contributed by atoms with Crippen molar-refractivity contribution in [1.29, 1.82) is 0 Å². The fourth-order valence-corrected chi connectivity index (χ4v) is 6.63. The molecule has 2 amide bonds. The van der Waals surface area contributed by atoms with E-state index in [1.807, 2.05) is 30.3 Å². The Bertz CT molecular complexity index is 1750. The fraction of sp³-hybridized carbons (Fsp3) is 0.256. The van der Waals surface area contributed by atoms with E-state index in [9.17, 15) is 18.4 Å². The van der Waals surface area contributed by atoms with Gasteiger partial charge in [0.15, 0.2) is 0 Å². The summed E-state index contributed by atoms with van der Waals surface area (Å²) in [7, 11) is 0. The molecule has 0 bridgehead atoms. The number of benzene rings is 4. The molecule has 5 aromatic rings. The van der Waals surface area contributed by atoms with Crippen LogP contribution < -0.4 is 5.32 Å². The van der Waals surface area contributed by atoms with E-state index in [1.165, 1.54) is 29.8 Å². The summed E-state index contributed by atoms with van der Waals surface area (Å²) in [6, 6.07) is 32.2. The zero-order chi connectivity index (χ0) is 32.6. The van der Waals surface area contributed by atoms with Crippen molar-refractivity contribution in [3.63, 3.8) is 0 Å². The third kappa shape index (κ3) is 7.72. The van der Waals surface area contributed by atoms with Gasteiger partial charge in [0.1, 0.15) is 17.3 Å². The molecular formula is C39H38F2N4O2. The van der Waals surface area contributed by atoms with Crippen LogP contribution in [-0.4, -0.2) is 54.1 Å². The Hall–Kier alpha value is -4.95. The van der Waals surface area contributed by atoms with Gasteiger partial charge in [0, 0.05) is 17.1 Å². The highest BCUT2D eigenvalue weighted by Crippen LogP contribution is 2.37. The average Bonchev–Trinajstić information content (AvgIpc) is 3.55. The van der Waals surface area contributed by atoms with E-state index in [0.717, 1.165) is 60.9 Å². The molecule has 1 aliphatic heterocycles. The van der Waals surface area contributed by atoms with Gasteiger partial charge in [-0.15, -0.1) is 0 Å². The quantitative estimate of drug-likeness (QED) is 0.149. The Kier molecular flexibility index (Phi) is 9.97. The van der Waals surface area contributed by atoms with Gasteiger partial charge in [-0.25, -0.2) is 13.8 Å². The minimum Gasteiger partial charge on any atom is -0.351 e. The molecule has 47 heavy (non-hydrogen) atoms. The molecule has 1 saturated heterocycles. The van der Waals surface area contributed by atoms with Crippen LogP contribution in [0.2, 0.25) is 0 Å². The van der Waals surface area contributed by atoms with E-state index < -0.39 is 17.2 Å². The van der Waals surface area contributed by atoms with Gasteiger partial charge >= 0.3 is 0 Å². The molecule has 8 heteroatoms. The van der Waals surface area contributed by atoms with Crippen molar-refractivity contribution in [1.82, 2.24) is 15.2 Å². The minimum absolute atomic E-state index is 0.302. The second-order valence-corrected chi connectivity index (χ2v) is 12.2. The lowest BCUT2D eigenvalue weighted by Crippen LogP contribution is -2.36. The third-order valence-corrected chi connectivity index (χ3v) is 9.23. The van der Waals surface area contributed by atoms with Crippen LogP contribution >= 0.6 is 0 Å². The third-order valence-electron chi connectivity index (χ3n) is 9.23. The van der Waals surface area contributed by atoms with E-state index in [2.05, 4.69) is 44.5 Å². The first kappa shape index (κ1) is 32.0. The Morgan fingerprint density at radius 3 is 2.11 bits per heavy atom. The zero-order valence-corrected chi connectivity index (χ0v) is 26.2. The van der Waals surface area contributed by atoms with Crippen LogP contribution in [0.5, 0.6) is 0 Å². The summed E-state index contributed by atoms with van der Waals surface area (Å²) in [5.74, 6) is -1.15. The number of piperidine rings is 1. The van der Waals surface area contributed by atoms with Crippen LogP contribution in [-0.2, 0) is 10.2 Å². The molecule has 6 nitrogen and oxygen atoms in total. The molecular weight excluding hydrogens is 594 g/mol.